The summed E-state index contributed by atoms with van der Waals surface area (Å²) in [5.74, 6) is -0.263. The summed E-state index contributed by atoms with van der Waals surface area (Å²) in [6.45, 7) is 0.904. The first-order valence-electron chi connectivity index (χ1n) is 5.99. The first kappa shape index (κ1) is 14.2. The Bertz CT molecular complexity index is 542. The SMILES string of the molecule is NCc1cccc(COCc2ccc(Br)cc2)c1F. The normalized spacial score (nSPS) is 10.7. The predicted octanol–water partition coefficient (Wildman–Crippen LogP) is 3.76. The van der Waals surface area contributed by atoms with Gasteiger partial charge in [0.1, 0.15) is 5.82 Å². The molecule has 0 spiro atoms. The smallest absolute Gasteiger partial charge is 0.133 e. The Morgan fingerprint density at radius 2 is 1.68 bits per heavy atom. The van der Waals surface area contributed by atoms with Crippen molar-refractivity contribution in [2.24, 2.45) is 5.73 Å². The van der Waals surface area contributed by atoms with Crippen molar-refractivity contribution in [1.29, 1.82) is 0 Å². The summed E-state index contributed by atoms with van der Waals surface area (Å²) in [6, 6.07) is 13.0. The van der Waals surface area contributed by atoms with Crippen LogP contribution in [0.1, 0.15) is 16.7 Å². The lowest BCUT2D eigenvalue weighted by Crippen LogP contribution is -2.04. The maximum absolute atomic E-state index is 13.9. The minimum Gasteiger partial charge on any atom is -0.372 e. The third-order valence-electron chi connectivity index (χ3n) is 2.82. The molecule has 0 unspecified atom stereocenters. The summed E-state index contributed by atoms with van der Waals surface area (Å²) >= 11 is 3.37. The van der Waals surface area contributed by atoms with Gasteiger partial charge in [-0.2, -0.15) is 0 Å². The Kier molecular flexibility index (Phi) is 5.07. The summed E-state index contributed by atoms with van der Waals surface area (Å²) in [4.78, 5) is 0. The monoisotopic (exact) mass is 323 g/mol. The van der Waals surface area contributed by atoms with E-state index in [1.165, 1.54) is 0 Å². The molecule has 0 saturated heterocycles. The lowest BCUT2D eigenvalue weighted by atomic mass is 10.1. The van der Waals surface area contributed by atoms with Crippen LogP contribution in [0.5, 0.6) is 0 Å². The summed E-state index contributed by atoms with van der Waals surface area (Å²) in [5, 5.41) is 0. The summed E-state index contributed by atoms with van der Waals surface area (Å²) in [5.41, 5.74) is 7.58. The second-order valence-electron chi connectivity index (χ2n) is 4.21. The lowest BCUT2D eigenvalue weighted by Gasteiger charge is -2.08. The molecule has 0 aromatic heterocycles. The maximum Gasteiger partial charge on any atom is 0.133 e. The third kappa shape index (κ3) is 3.86. The largest absolute Gasteiger partial charge is 0.372 e. The van der Waals surface area contributed by atoms with Gasteiger partial charge in [-0.15, -0.1) is 0 Å². The van der Waals surface area contributed by atoms with Crippen LogP contribution < -0.4 is 5.73 Å². The molecule has 2 aromatic rings. The van der Waals surface area contributed by atoms with Crippen molar-refractivity contribution in [2.75, 3.05) is 0 Å². The van der Waals surface area contributed by atoms with E-state index in [4.69, 9.17) is 10.5 Å². The van der Waals surface area contributed by atoms with Crippen LogP contribution in [-0.4, -0.2) is 0 Å². The minimum atomic E-state index is -0.263. The van der Waals surface area contributed by atoms with Crippen LogP contribution in [-0.2, 0) is 24.5 Å². The quantitative estimate of drug-likeness (QED) is 0.909. The van der Waals surface area contributed by atoms with Gasteiger partial charge in [-0.05, 0) is 17.7 Å². The number of halogens is 2. The first-order chi connectivity index (χ1) is 9.20. The molecule has 2 rings (SSSR count). The van der Waals surface area contributed by atoms with E-state index in [1.807, 2.05) is 24.3 Å². The number of hydrogen-bond acceptors (Lipinski definition) is 2. The van der Waals surface area contributed by atoms with Gasteiger partial charge in [0.15, 0.2) is 0 Å². The van der Waals surface area contributed by atoms with Gasteiger partial charge in [0.2, 0.25) is 0 Å². The van der Waals surface area contributed by atoms with E-state index in [-0.39, 0.29) is 19.0 Å². The van der Waals surface area contributed by atoms with Crippen molar-refractivity contribution in [1.82, 2.24) is 0 Å². The van der Waals surface area contributed by atoms with Crippen LogP contribution in [0, 0.1) is 5.82 Å². The molecule has 0 aliphatic carbocycles. The highest BCUT2D eigenvalue weighted by atomic mass is 79.9. The predicted molar refractivity (Wildman–Crippen MR) is 76.9 cm³/mol. The molecule has 0 radical (unpaired) electrons. The zero-order chi connectivity index (χ0) is 13.7. The van der Waals surface area contributed by atoms with Gasteiger partial charge in [0.05, 0.1) is 13.2 Å². The van der Waals surface area contributed by atoms with Crippen molar-refractivity contribution in [3.63, 3.8) is 0 Å². The van der Waals surface area contributed by atoms with Crippen molar-refractivity contribution < 1.29 is 9.13 Å². The molecule has 2 aromatic carbocycles. The molecule has 0 atom stereocenters. The highest BCUT2D eigenvalue weighted by molar-refractivity contribution is 9.10. The Balaban J connectivity index is 1.94. The van der Waals surface area contributed by atoms with E-state index in [1.54, 1.807) is 18.2 Å². The van der Waals surface area contributed by atoms with Gasteiger partial charge in [0.25, 0.3) is 0 Å². The van der Waals surface area contributed by atoms with E-state index in [0.29, 0.717) is 17.7 Å². The zero-order valence-corrected chi connectivity index (χ0v) is 12.0. The molecule has 0 aliphatic heterocycles. The van der Waals surface area contributed by atoms with Gasteiger partial charge < -0.3 is 10.5 Å². The molecule has 0 heterocycles. The van der Waals surface area contributed by atoms with Crippen molar-refractivity contribution in [2.45, 2.75) is 19.8 Å². The van der Waals surface area contributed by atoms with Crippen LogP contribution in [0.15, 0.2) is 46.9 Å². The van der Waals surface area contributed by atoms with Gasteiger partial charge in [0, 0.05) is 22.1 Å². The van der Waals surface area contributed by atoms with Crippen LogP contribution in [0.2, 0.25) is 0 Å². The minimum absolute atomic E-state index is 0.201. The van der Waals surface area contributed by atoms with Crippen LogP contribution in [0.25, 0.3) is 0 Å². The number of nitrogens with two attached hydrogens (primary N) is 1. The number of rotatable bonds is 5. The fourth-order valence-electron chi connectivity index (χ4n) is 1.76. The summed E-state index contributed by atoms with van der Waals surface area (Å²) in [6.07, 6.45) is 0. The van der Waals surface area contributed by atoms with E-state index >= 15 is 0 Å². The van der Waals surface area contributed by atoms with Gasteiger partial charge in [-0.3, -0.25) is 0 Å². The molecule has 0 bridgehead atoms. The van der Waals surface area contributed by atoms with Crippen LogP contribution in [0.3, 0.4) is 0 Å². The number of hydrogen-bond donors (Lipinski definition) is 1. The molecule has 4 heteroatoms. The summed E-state index contributed by atoms with van der Waals surface area (Å²) < 4.78 is 20.4. The molecular weight excluding hydrogens is 309 g/mol. The van der Waals surface area contributed by atoms with Crippen molar-refractivity contribution in [3.05, 3.63) is 69.4 Å². The second kappa shape index (κ2) is 6.80. The van der Waals surface area contributed by atoms with E-state index in [0.717, 1.165) is 10.0 Å². The second-order valence-corrected chi connectivity index (χ2v) is 5.13. The van der Waals surface area contributed by atoms with Crippen LogP contribution in [0.4, 0.5) is 4.39 Å². The average Bonchev–Trinajstić information content (AvgIpc) is 2.43. The highest BCUT2D eigenvalue weighted by Crippen LogP contribution is 2.15. The molecule has 19 heavy (non-hydrogen) atoms. The first-order valence-corrected chi connectivity index (χ1v) is 6.78. The summed E-state index contributed by atoms with van der Waals surface area (Å²) in [7, 11) is 0. The Morgan fingerprint density at radius 1 is 1.00 bits per heavy atom. The molecular formula is C15H15BrFNO. The average molecular weight is 324 g/mol. The molecule has 2 N–H and O–H groups in total. The lowest BCUT2D eigenvalue weighted by molar-refractivity contribution is 0.105. The zero-order valence-electron chi connectivity index (χ0n) is 10.4. The fraction of sp³-hybridized carbons (Fsp3) is 0.200. The standard InChI is InChI=1S/C15H15BrFNO/c16-14-6-4-11(5-7-14)9-19-10-13-3-1-2-12(8-18)15(13)17/h1-7H,8-10,18H2. The van der Waals surface area contributed by atoms with Gasteiger partial charge in [-0.25, -0.2) is 4.39 Å². The third-order valence-corrected chi connectivity index (χ3v) is 3.35. The number of ether oxygens (including phenoxy) is 1. The Morgan fingerprint density at radius 3 is 2.37 bits per heavy atom. The van der Waals surface area contributed by atoms with Crippen molar-refractivity contribution in [3.8, 4) is 0 Å². The number of benzene rings is 2. The topological polar surface area (TPSA) is 35.2 Å². The fourth-order valence-corrected chi connectivity index (χ4v) is 2.03. The maximum atomic E-state index is 13.9. The molecule has 0 aliphatic rings. The van der Waals surface area contributed by atoms with Gasteiger partial charge >= 0.3 is 0 Å². The molecule has 100 valence electrons. The highest BCUT2D eigenvalue weighted by Gasteiger charge is 2.06. The van der Waals surface area contributed by atoms with Crippen LogP contribution >= 0.6 is 15.9 Å². The van der Waals surface area contributed by atoms with E-state index in [9.17, 15) is 4.39 Å². The molecule has 0 amide bonds. The molecule has 0 saturated carbocycles. The van der Waals surface area contributed by atoms with E-state index < -0.39 is 0 Å². The Labute approximate surface area is 120 Å². The molecule has 2 nitrogen and oxygen atoms in total. The van der Waals surface area contributed by atoms with Gasteiger partial charge in [-0.1, -0.05) is 46.3 Å². The van der Waals surface area contributed by atoms with Crippen molar-refractivity contribution >= 4 is 15.9 Å². The van der Waals surface area contributed by atoms with E-state index in [2.05, 4.69) is 15.9 Å². The Hall–Kier alpha value is -1.23. The molecule has 0 fully saturated rings.